The number of hydrogen-bond donors (Lipinski definition) is 3. The van der Waals surface area contributed by atoms with E-state index in [4.69, 9.17) is 16.3 Å². The third-order valence-electron chi connectivity index (χ3n) is 4.69. The summed E-state index contributed by atoms with van der Waals surface area (Å²) in [5, 5.41) is 32.4. The van der Waals surface area contributed by atoms with Crippen LogP contribution in [0.5, 0.6) is 11.5 Å². The number of esters is 1. The van der Waals surface area contributed by atoms with Crippen LogP contribution in [0.2, 0.25) is 5.02 Å². The van der Waals surface area contributed by atoms with E-state index in [9.17, 15) is 20.2 Å². The molecule has 1 aliphatic heterocycles. The minimum Gasteiger partial charge on any atom is -0.507 e. The predicted octanol–water partition coefficient (Wildman–Crippen LogP) is 3.82. The van der Waals surface area contributed by atoms with E-state index in [1.807, 2.05) is 13.0 Å². The van der Waals surface area contributed by atoms with Gasteiger partial charge in [-0.1, -0.05) is 35.0 Å². The number of cyclic esters (lactones) is 1. The molecule has 26 heavy (non-hydrogen) atoms. The molecule has 0 radical (unpaired) electrons. The molecule has 1 heterocycles. The SMILES string of the molecule is C[C@@H]1C[C@H]2C[C@@H]2\C=C/C=C/C(=N/O)Cc2c(Cl)c(O)cc(O)c2C(=O)O1. The smallest absolute Gasteiger partial charge is 0.342 e. The summed E-state index contributed by atoms with van der Waals surface area (Å²) < 4.78 is 5.48. The third-order valence-corrected chi connectivity index (χ3v) is 5.11. The normalized spacial score (nSPS) is 29.8. The Morgan fingerprint density at radius 1 is 1.23 bits per heavy atom. The van der Waals surface area contributed by atoms with Crippen LogP contribution in [-0.2, 0) is 11.2 Å². The summed E-state index contributed by atoms with van der Waals surface area (Å²) in [4.78, 5) is 12.6. The van der Waals surface area contributed by atoms with Crippen LogP contribution >= 0.6 is 11.6 Å². The van der Waals surface area contributed by atoms with E-state index in [1.54, 1.807) is 12.2 Å². The lowest BCUT2D eigenvalue weighted by Gasteiger charge is -2.17. The summed E-state index contributed by atoms with van der Waals surface area (Å²) in [6, 6.07) is 1.00. The van der Waals surface area contributed by atoms with Crippen molar-refractivity contribution in [1.29, 1.82) is 0 Å². The van der Waals surface area contributed by atoms with Gasteiger partial charge in [0, 0.05) is 12.5 Å². The predicted molar refractivity (Wildman–Crippen MR) is 97.1 cm³/mol. The van der Waals surface area contributed by atoms with Crippen LogP contribution in [0, 0.1) is 11.8 Å². The Kier molecular flexibility index (Phi) is 5.23. The first-order chi connectivity index (χ1) is 12.4. The molecule has 0 saturated heterocycles. The summed E-state index contributed by atoms with van der Waals surface area (Å²) >= 11 is 6.14. The minimum absolute atomic E-state index is 0.0630. The molecule has 3 atom stereocenters. The number of aromatic hydroxyl groups is 2. The number of phenolic OH excluding ortho intramolecular Hbond substituents is 2. The topological polar surface area (TPSA) is 99.4 Å². The van der Waals surface area contributed by atoms with Crippen LogP contribution in [0.15, 0.2) is 35.5 Å². The Hall–Kier alpha value is -2.47. The van der Waals surface area contributed by atoms with Crippen molar-refractivity contribution in [3.8, 4) is 11.5 Å². The Morgan fingerprint density at radius 2 is 2.00 bits per heavy atom. The first-order valence-electron chi connectivity index (χ1n) is 8.40. The van der Waals surface area contributed by atoms with Gasteiger partial charge < -0.3 is 20.2 Å². The Bertz CT molecular complexity index is 815. The van der Waals surface area contributed by atoms with Crippen LogP contribution in [0.4, 0.5) is 0 Å². The lowest BCUT2D eigenvalue weighted by atomic mass is 9.99. The fraction of sp³-hybridized carbons (Fsp3) is 0.368. The molecule has 7 heteroatoms. The lowest BCUT2D eigenvalue weighted by Crippen LogP contribution is -2.18. The van der Waals surface area contributed by atoms with Crippen molar-refractivity contribution in [3.63, 3.8) is 0 Å². The molecule has 0 spiro atoms. The fourth-order valence-corrected chi connectivity index (χ4v) is 3.47. The lowest BCUT2D eigenvalue weighted by molar-refractivity contribution is 0.0307. The van der Waals surface area contributed by atoms with Crippen molar-refractivity contribution < 1.29 is 25.0 Å². The van der Waals surface area contributed by atoms with Gasteiger partial charge in [-0.25, -0.2) is 4.79 Å². The Labute approximate surface area is 156 Å². The van der Waals surface area contributed by atoms with Crippen LogP contribution in [0.3, 0.4) is 0 Å². The second-order valence-corrected chi connectivity index (χ2v) is 7.08. The first kappa shape index (κ1) is 18.3. The van der Waals surface area contributed by atoms with Gasteiger partial charge in [0.15, 0.2) is 0 Å². The van der Waals surface area contributed by atoms with Crippen molar-refractivity contribution in [2.45, 2.75) is 32.3 Å². The van der Waals surface area contributed by atoms with Crippen molar-refractivity contribution in [2.75, 3.05) is 0 Å². The number of halogens is 1. The monoisotopic (exact) mass is 377 g/mol. The van der Waals surface area contributed by atoms with Gasteiger partial charge in [0.1, 0.15) is 17.1 Å². The van der Waals surface area contributed by atoms with Gasteiger partial charge in [-0.05, 0) is 43.2 Å². The average Bonchev–Trinajstić information content (AvgIpc) is 3.31. The van der Waals surface area contributed by atoms with Crippen LogP contribution in [-0.4, -0.2) is 33.2 Å². The van der Waals surface area contributed by atoms with Crippen molar-refractivity contribution in [3.05, 3.63) is 46.5 Å². The molecule has 0 unspecified atom stereocenters. The van der Waals surface area contributed by atoms with E-state index in [1.165, 1.54) is 0 Å². The zero-order valence-electron chi connectivity index (χ0n) is 14.2. The van der Waals surface area contributed by atoms with E-state index < -0.39 is 11.7 Å². The molecule has 6 nitrogen and oxygen atoms in total. The second-order valence-electron chi connectivity index (χ2n) is 6.71. The molecule has 3 N–H and O–H groups in total. The van der Waals surface area contributed by atoms with Crippen LogP contribution in [0.1, 0.15) is 35.7 Å². The standard InChI is InChI=1S/C19H20ClNO5/c1-10-6-12-7-11(12)4-2-3-5-13(21-25)8-14-17(19(24)26-10)15(22)9-16(23)18(14)20/h2-5,9-12,22-23,25H,6-8H2,1H3/b4-2-,5-3+,21-13-/t10-,11+,12+/m1/s1. The van der Waals surface area contributed by atoms with Gasteiger partial charge in [0.05, 0.1) is 16.8 Å². The highest BCUT2D eigenvalue weighted by Crippen LogP contribution is 2.44. The zero-order chi connectivity index (χ0) is 18.8. The van der Waals surface area contributed by atoms with Gasteiger partial charge in [-0.2, -0.15) is 0 Å². The zero-order valence-corrected chi connectivity index (χ0v) is 15.0. The Balaban J connectivity index is 2.05. The highest BCUT2D eigenvalue weighted by molar-refractivity contribution is 6.33. The quantitative estimate of drug-likeness (QED) is 0.362. The number of carbonyl (C=O) groups excluding carboxylic acids is 1. The van der Waals surface area contributed by atoms with E-state index in [0.29, 0.717) is 11.8 Å². The Morgan fingerprint density at radius 3 is 2.73 bits per heavy atom. The van der Waals surface area contributed by atoms with Crippen molar-refractivity contribution in [2.24, 2.45) is 17.0 Å². The second kappa shape index (κ2) is 7.41. The number of ether oxygens (including phenoxy) is 1. The third kappa shape index (κ3) is 3.85. The number of allylic oxidation sites excluding steroid dienone is 4. The molecule has 0 bridgehead atoms. The number of oxime groups is 1. The molecule has 138 valence electrons. The minimum atomic E-state index is -0.724. The largest absolute Gasteiger partial charge is 0.507 e. The van der Waals surface area contributed by atoms with Gasteiger partial charge in [0.2, 0.25) is 0 Å². The summed E-state index contributed by atoms with van der Waals surface area (Å²) in [5.74, 6) is -0.625. The maximum absolute atomic E-state index is 12.6. The molecule has 3 rings (SSSR count). The highest BCUT2D eigenvalue weighted by Gasteiger charge is 2.36. The van der Waals surface area contributed by atoms with E-state index >= 15 is 0 Å². The molecule has 2 aliphatic rings. The maximum Gasteiger partial charge on any atom is 0.342 e. The van der Waals surface area contributed by atoms with Gasteiger partial charge in [-0.15, -0.1) is 0 Å². The van der Waals surface area contributed by atoms with E-state index in [-0.39, 0.29) is 40.1 Å². The molecule has 1 aromatic carbocycles. The highest BCUT2D eigenvalue weighted by atomic mass is 35.5. The molecule has 1 saturated carbocycles. The molecule has 0 amide bonds. The maximum atomic E-state index is 12.6. The van der Waals surface area contributed by atoms with Crippen LogP contribution < -0.4 is 0 Å². The van der Waals surface area contributed by atoms with Gasteiger partial charge in [-0.3, -0.25) is 0 Å². The summed E-state index contributed by atoms with van der Waals surface area (Å²) in [6.07, 6.45) is 8.67. The molecule has 0 aromatic heterocycles. The summed E-state index contributed by atoms with van der Waals surface area (Å²) in [7, 11) is 0. The number of nitrogens with zero attached hydrogens (tertiary/aromatic N) is 1. The van der Waals surface area contributed by atoms with Gasteiger partial charge in [0.25, 0.3) is 0 Å². The first-order valence-corrected chi connectivity index (χ1v) is 8.78. The molecule has 1 aliphatic carbocycles. The molecule has 1 aromatic rings. The van der Waals surface area contributed by atoms with Crippen molar-refractivity contribution >= 4 is 23.3 Å². The number of benzene rings is 1. The number of phenols is 2. The van der Waals surface area contributed by atoms with Crippen LogP contribution in [0.25, 0.3) is 0 Å². The molecule has 1 fully saturated rings. The average molecular weight is 378 g/mol. The number of hydrogen-bond acceptors (Lipinski definition) is 6. The molecular formula is C19H20ClNO5. The number of rotatable bonds is 0. The fourth-order valence-electron chi connectivity index (χ4n) is 3.25. The van der Waals surface area contributed by atoms with Crippen molar-refractivity contribution in [1.82, 2.24) is 0 Å². The summed E-state index contributed by atoms with van der Waals surface area (Å²) in [6.45, 7) is 1.81. The number of carbonyl (C=O) groups is 1. The van der Waals surface area contributed by atoms with Gasteiger partial charge >= 0.3 is 5.97 Å². The van der Waals surface area contributed by atoms with E-state index in [0.717, 1.165) is 18.9 Å². The van der Waals surface area contributed by atoms with E-state index in [2.05, 4.69) is 11.2 Å². The molecular weight excluding hydrogens is 358 g/mol. The summed E-state index contributed by atoms with van der Waals surface area (Å²) in [5.41, 5.74) is 0.228. The number of fused-ring (bicyclic) bond motifs is 2.